The lowest BCUT2D eigenvalue weighted by molar-refractivity contribution is -0.137. The normalized spacial score (nSPS) is 23.4. The highest BCUT2D eigenvalue weighted by atomic mass is 32.3. The summed E-state index contributed by atoms with van der Waals surface area (Å²) in [6, 6.07) is 3.79. The molecule has 0 amide bonds. The fourth-order valence-electron chi connectivity index (χ4n) is 5.76. The van der Waals surface area contributed by atoms with Crippen molar-refractivity contribution in [3.05, 3.63) is 29.8 Å². The molecule has 4 rings (SSSR count). The molecule has 0 saturated heterocycles. The number of alkyl halides is 3. The second kappa shape index (κ2) is 8.66. The van der Waals surface area contributed by atoms with Crippen LogP contribution < -0.4 is 0 Å². The largest absolute Gasteiger partial charge is 0.416 e. The summed E-state index contributed by atoms with van der Waals surface area (Å²) in [5, 5.41) is 0.897. The minimum atomic E-state index is -4.49. The Kier molecular flexibility index (Phi) is 6.48. The smallest absolute Gasteiger partial charge is 0.215 e. The molecule has 30 heavy (non-hydrogen) atoms. The van der Waals surface area contributed by atoms with E-state index in [4.69, 9.17) is 3.63 Å². The van der Waals surface area contributed by atoms with E-state index in [-0.39, 0.29) is 4.90 Å². The van der Waals surface area contributed by atoms with Crippen LogP contribution in [0, 0.1) is 0 Å². The fourth-order valence-corrected chi connectivity index (χ4v) is 14.0. The van der Waals surface area contributed by atoms with Crippen molar-refractivity contribution in [3.8, 4) is 0 Å². The third kappa shape index (κ3) is 4.29. The Labute approximate surface area is 179 Å². The molecule has 1 aromatic rings. The maximum Gasteiger partial charge on any atom is 0.416 e. The lowest BCUT2D eigenvalue weighted by Crippen LogP contribution is -2.37. The highest BCUT2D eigenvalue weighted by Gasteiger charge is 2.52. The molecule has 3 saturated carbocycles. The van der Waals surface area contributed by atoms with E-state index in [0.29, 0.717) is 15.7 Å². The van der Waals surface area contributed by atoms with Crippen LogP contribution >= 0.6 is 10.3 Å². The van der Waals surface area contributed by atoms with Gasteiger partial charge >= 0.3 is 16.3 Å². The Hall–Kier alpha value is -0.730. The van der Waals surface area contributed by atoms with Gasteiger partial charge in [0.2, 0.25) is 0 Å². The molecule has 0 aliphatic heterocycles. The van der Waals surface area contributed by atoms with E-state index in [0.717, 1.165) is 101 Å². The van der Waals surface area contributed by atoms with Crippen LogP contribution in [0.25, 0.3) is 0 Å². The number of rotatable bonds is 6. The van der Waals surface area contributed by atoms with Crippen molar-refractivity contribution in [2.24, 2.45) is 0 Å². The second-order valence-corrected chi connectivity index (χ2v) is 14.3. The number of benzene rings is 1. The number of hydrogen-bond acceptors (Lipinski definition) is 3. The van der Waals surface area contributed by atoms with Crippen molar-refractivity contribution < 1.29 is 25.2 Å². The van der Waals surface area contributed by atoms with Crippen LogP contribution in [0.3, 0.4) is 0 Å². The molecule has 0 unspecified atom stereocenters. The molecule has 0 atom stereocenters. The fraction of sp³-hybridized carbons (Fsp3) is 0.727. The van der Waals surface area contributed by atoms with E-state index in [1.165, 1.54) is 0 Å². The third-order valence-electron chi connectivity index (χ3n) is 7.15. The molecule has 3 aliphatic carbocycles. The monoisotopic (exact) mass is 464 g/mol. The van der Waals surface area contributed by atoms with Crippen LogP contribution in [0.15, 0.2) is 29.2 Å². The predicted molar refractivity (Wildman–Crippen MR) is 114 cm³/mol. The maximum absolute atomic E-state index is 13.4. The summed E-state index contributed by atoms with van der Waals surface area (Å²) < 4.78 is 71.9. The summed E-state index contributed by atoms with van der Waals surface area (Å²) in [4.78, 5) is -0.152. The average molecular weight is 465 g/mol. The van der Waals surface area contributed by atoms with Gasteiger partial charge in [0.25, 0.3) is 0 Å². The van der Waals surface area contributed by atoms with Crippen molar-refractivity contribution >= 4 is 20.4 Å². The summed E-state index contributed by atoms with van der Waals surface area (Å²) in [7, 11) is -6.01. The Balaban J connectivity index is 1.71. The molecule has 3 nitrogen and oxygen atoms in total. The molecule has 0 spiro atoms. The molecule has 0 radical (unpaired) electrons. The van der Waals surface area contributed by atoms with Gasteiger partial charge in [-0.2, -0.15) is 21.6 Å². The van der Waals surface area contributed by atoms with Gasteiger partial charge in [-0.3, -0.25) is 0 Å². The van der Waals surface area contributed by atoms with Crippen molar-refractivity contribution in [1.82, 2.24) is 0 Å². The van der Waals surface area contributed by atoms with Gasteiger partial charge in [-0.1, -0.05) is 38.5 Å². The molecule has 170 valence electrons. The van der Waals surface area contributed by atoms with Crippen LogP contribution in [-0.2, 0) is 19.9 Å². The van der Waals surface area contributed by atoms with Gasteiger partial charge in [0.15, 0.2) is 0 Å². The van der Waals surface area contributed by atoms with Crippen LogP contribution in [0.4, 0.5) is 13.2 Å². The molecule has 0 aromatic heterocycles. The first-order chi connectivity index (χ1) is 14.2. The average Bonchev–Trinajstić information content (AvgIpc) is 3.49. The van der Waals surface area contributed by atoms with Crippen molar-refractivity contribution in [2.45, 2.75) is 104 Å². The summed E-state index contributed by atoms with van der Waals surface area (Å²) in [5.41, 5.74) is -0.845. The highest BCUT2D eigenvalue weighted by Crippen LogP contribution is 2.72. The van der Waals surface area contributed by atoms with Gasteiger partial charge in [0.1, 0.15) is 0 Å². The van der Waals surface area contributed by atoms with E-state index in [9.17, 15) is 21.6 Å². The molecule has 3 aliphatic rings. The Morgan fingerprint density at radius 1 is 0.700 bits per heavy atom. The first-order valence-electron chi connectivity index (χ1n) is 11.2. The van der Waals surface area contributed by atoms with E-state index < -0.39 is 32.2 Å². The number of halogens is 3. The SMILES string of the molecule is O=S(=O)(OS(C1CCCC1)(C1CCCC1)C1CCCC1)c1ccc(C(F)(F)F)cc1. The molecule has 0 bridgehead atoms. The zero-order valence-corrected chi connectivity index (χ0v) is 18.8. The lowest BCUT2D eigenvalue weighted by Gasteiger charge is -2.52. The van der Waals surface area contributed by atoms with Crippen LogP contribution in [0.1, 0.15) is 82.6 Å². The minimum Gasteiger partial charge on any atom is -0.215 e. The van der Waals surface area contributed by atoms with Gasteiger partial charge in [-0.15, -0.1) is 10.3 Å². The Bertz CT molecular complexity index is 777. The van der Waals surface area contributed by atoms with Gasteiger partial charge in [-0.05, 0) is 62.8 Å². The standard InChI is InChI=1S/C22H31F3O3S2/c23-22(24,25)17-13-15-21(16-14-17)30(26,27)28-29(18-7-1-2-8-18,19-9-3-4-10-19)20-11-5-6-12-20/h13-16,18-20H,1-12H2. The third-order valence-corrected chi connectivity index (χ3v) is 14.2. The van der Waals surface area contributed by atoms with Gasteiger partial charge in [0.05, 0.1) is 10.5 Å². The van der Waals surface area contributed by atoms with Crippen molar-refractivity contribution in [2.75, 3.05) is 0 Å². The van der Waals surface area contributed by atoms with Gasteiger partial charge in [-0.25, -0.2) is 3.63 Å². The molecule has 3 fully saturated rings. The van der Waals surface area contributed by atoms with E-state index >= 15 is 0 Å². The summed E-state index contributed by atoms with van der Waals surface area (Å²) in [5.74, 6) is 0. The minimum absolute atomic E-state index is 0.152. The first kappa shape index (κ1) is 22.5. The Morgan fingerprint density at radius 3 is 1.40 bits per heavy atom. The first-order valence-corrected chi connectivity index (χ1v) is 14.3. The molecule has 8 heteroatoms. The van der Waals surface area contributed by atoms with Gasteiger partial charge < -0.3 is 0 Å². The Morgan fingerprint density at radius 2 is 1.07 bits per heavy atom. The quantitative estimate of drug-likeness (QED) is 0.457. The van der Waals surface area contributed by atoms with E-state index in [2.05, 4.69) is 0 Å². The van der Waals surface area contributed by atoms with Crippen molar-refractivity contribution in [1.29, 1.82) is 0 Å². The molecular weight excluding hydrogens is 433 g/mol. The highest BCUT2D eigenvalue weighted by molar-refractivity contribution is 8.34. The summed E-state index contributed by atoms with van der Waals surface area (Å²) in [6.07, 6.45) is 8.30. The van der Waals surface area contributed by atoms with E-state index in [1.54, 1.807) is 0 Å². The lowest BCUT2D eigenvalue weighted by atomic mass is 10.2. The van der Waals surface area contributed by atoms with Crippen LogP contribution in [0.5, 0.6) is 0 Å². The van der Waals surface area contributed by atoms with Crippen LogP contribution in [0.2, 0.25) is 0 Å². The summed E-state index contributed by atoms with van der Waals surface area (Å²) >= 11 is 0. The maximum atomic E-state index is 13.4. The topological polar surface area (TPSA) is 43.4 Å². The predicted octanol–water partition coefficient (Wildman–Crippen LogP) is 6.96. The zero-order valence-electron chi connectivity index (χ0n) is 17.2. The van der Waals surface area contributed by atoms with Crippen LogP contribution in [-0.4, -0.2) is 24.2 Å². The van der Waals surface area contributed by atoms with Crippen molar-refractivity contribution in [3.63, 3.8) is 0 Å². The van der Waals surface area contributed by atoms with Gasteiger partial charge in [0, 0.05) is 15.7 Å². The summed E-state index contributed by atoms with van der Waals surface area (Å²) in [6.45, 7) is 0. The second-order valence-electron chi connectivity index (χ2n) is 8.96. The molecule has 0 heterocycles. The molecule has 0 N–H and O–H groups in total. The zero-order chi connectivity index (χ0) is 21.4. The van der Waals surface area contributed by atoms with E-state index in [1.807, 2.05) is 0 Å². The molecular formula is C22H31F3O3S2. The number of hydrogen-bond donors (Lipinski definition) is 0. The molecule has 1 aromatic carbocycles.